The van der Waals surface area contributed by atoms with E-state index in [-0.39, 0.29) is 16.9 Å². The van der Waals surface area contributed by atoms with E-state index in [2.05, 4.69) is 15.9 Å². The third-order valence-electron chi connectivity index (χ3n) is 3.63. The van der Waals surface area contributed by atoms with E-state index in [0.717, 1.165) is 19.3 Å². The summed E-state index contributed by atoms with van der Waals surface area (Å²) in [4.78, 5) is 0. The maximum absolute atomic E-state index is 13.9. The molecule has 0 atom stereocenters. The Morgan fingerprint density at radius 3 is 2.65 bits per heavy atom. The van der Waals surface area contributed by atoms with Gasteiger partial charge in [0.2, 0.25) is 5.82 Å². The first-order chi connectivity index (χ1) is 8.05. The van der Waals surface area contributed by atoms with E-state index in [1.54, 1.807) is 6.07 Å². The Hall–Kier alpha value is -0.810. The van der Waals surface area contributed by atoms with E-state index in [1.165, 1.54) is 7.11 Å². The van der Waals surface area contributed by atoms with E-state index in [9.17, 15) is 9.50 Å². The van der Waals surface area contributed by atoms with Crippen molar-refractivity contribution in [3.05, 3.63) is 21.9 Å². The number of benzene rings is 1. The van der Waals surface area contributed by atoms with Gasteiger partial charge in [0.25, 0.3) is 0 Å². The Morgan fingerprint density at radius 2 is 2.24 bits per heavy atom. The lowest BCUT2D eigenvalue weighted by molar-refractivity contribution is 0.241. The highest BCUT2D eigenvalue weighted by molar-refractivity contribution is 9.10. The average molecular weight is 304 g/mol. The van der Waals surface area contributed by atoms with E-state index in [0.29, 0.717) is 16.6 Å². The zero-order chi connectivity index (χ0) is 12.6. The van der Waals surface area contributed by atoms with Gasteiger partial charge in [-0.15, -0.1) is 0 Å². The van der Waals surface area contributed by atoms with Gasteiger partial charge in [-0.25, -0.2) is 0 Å². The van der Waals surface area contributed by atoms with Crippen LogP contribution in [0.3, 0.4) is 0 Å². The summed E-state index contributed by atoms with van der Waals surface area (Å²) >= 11 is 3.25. The van der Waals surface area contributed by atoms with Crippen LogP contribution in [0.2, 0.25) is 0 Å². The quantitative estimate of drug-likeness (QED) is 0.902. The first-order valence-corrected chi connectivity index (χ1v) is 6.30. The molecular formula is C12H15BrFNO2. The van der Waals surface area contributed by atoms with Crippen molar-refractivity contribution in [3.8, 4) is 11.5 Å². The van der Waals surface area contributed by atoms with Gasteiger partial charge in [-0.1, -0.05) is 6.42 Å². The van der Waals surface area contributed by atoms with E-state index in [1.807, 2.05) is 0 Å². The zero-order valence-corrected chi connectivity index (χ0v) is 11.2. The molecule has 1 aliphatic carbocycles. The van der Waals surface area contributed by atoms with Crippen LogP contribution in [0.1, 0.15) is 24.8 Å². The van der Waals surface area contributed by atoms with Gasteiger partial charge in [0.05, 0.1) is 11.6 Å². The molecule has 17 heavy (non-hydrogen) atoms. The molecule has 1 aliphatic rings. The maximum Gasteiger partial charge on any atom is 0.208 e. The van der Waals surface area contributed by atoms with Crippen molar-refractivity contribution in [2.45, 2.75) is 24.7 Å². The molecular weight excluding hydrogens is 289 g/mol. The summed E-state index contributed by atoms with van der Waals surface area (Å²) in [5.74, 6) is -1.04. The van der Waals surface area contributed by atoms with Crippen LogP contribution in [-0.4, -0.2) is 18.8 Å². The zero-order valence-electron chi connectivity index (χ0n) is 9.59. The Bertz CT molecular complexity index is 441. The number of nitrogens with two attached hydrogens (primary N) is 1. The number of halogens is 2. The molecule has 1 fully saturated rings. The van der Waals surface area contributed by atoms with Crippen molar-refractivity contribution in [1.82, 2.24) is 0 Å². The fourth-order valence-electron chi connectivity index (χ4n) is 2.37. The molecule has 0 spiro atoms. The minimum absolute atomic E-state index is 0.0257. The van der Waals surface area contributed by atoms with Crippen LogP contribution in [0.4, 0.5) is 4.39 Å². The fourth-order valence-corrected chi connectivity index (χ4v) is 2.93. The van der Waals surface area contributed by atoms with Gasteiger partial charge in [-0.2, -0.15) is 4.39 Å². The lowest BCUT2D eigenvalue weighted by Crippen LogP contribution is -2.41. The predicted molar refractivity (Wildman–Crippen MR) is 66.9 cm³/mol. The number of methoxy groups -OCH3 is 1. The van der Waals surface area contributed by atoms with E-state index < -0.39 is 5.82 Å². The summed E-state index contributed by atoms with van der Waals surface area (Å²) in [6, 6.07) is 1.71. The minimum atomic E-state index is -0.725. The molecule has 0 aromatic heterocycles. The molecule has 0 aliphatic heterocycles. The number of rotatable bonds is 3. The molecule has 2 rings (SSSR count). The highest BCUT2D eigenvalue weighted by Gasteiger charge is 2.40. The monoisotopic (exact) mass is 303 g/mol. The van der Waals surface area contributed by atoms with Gasteiger partial charge in [0.15, 0.2) is 11.5 Å². The van der Waals surface area contributed by atoms with E-state index >= 15 is 0 Å². The van der Waals surface area contributed by atoms with Crippen LogP contribution < -0.4 is 10.5 Å². The number of hydrogen-bond donors (Lipinski definition) is 2. The van der Waals surface area contributed by atoms with Crippen LogP contribution in [-0.2, 0) is 5.41 Å². The highest BCUT2D eigenvalue weighted by atomic mass is 79.9. The van der Waals surface area contributed by atoms with Crippen LogP contribution in [0.15, 0.2) is 10.5 Å². The molecule has 0 amide bonds. The number of hydrogen-bond acceptors (Lipinski definition) is 3. The normalized spacial score (nSPS) is 17.6. The van der Waals surface area contributed by atoms with Gasteiger partial charge >= 0.3 is 0 Å². The second-order valence-electron chi connectivity index (χ2n) is 4.44. The van der Waals surface area contributed by atoms with Crippen LogP contribution in [0.5, 0.6) is 11.5 Å². The number of ether oxygens (including phenoxy) is 1. The standard InChI is InChI=1S/C12H15BrFNO2/c1-17-11-8(13)5-7(10(16)9(11)14)12(6-15)3-2-4-12/h5,16H,2-4,6,15H2,1H3. The molecule has 0 unspecified atom stereocenters. The molecule has 0 radical (unpaired) electrons. The number of phenolic OH excluding ortho intramolecular Hbond substituents is 1. The average Bonchev–Trinajstić information content (AvgIpc) is 2.25. The molecule has 3 nitrogen and oxygen atoms in total. The summed E-state index contributed by atoms with van der Waals surface area (Å²) in [5.41, 5.74) is 6.06. The van der Waals surface area contributed by atoms with Crippen molar-refractivity contribution >= 4 is 15.9 Å². The number of aromatic hydroxyl groups is 1. The molecule has 1 saturated carbocycles. The van der Waals surface area contributed by atoms with Gasteiger partial charge in [-0.3, -0.25) is 0 Å². The smallest absolute Gasteiger partial charge is 0.208 e. The molecule has 1 aromatic carbocycles. The Kier molecular flexibility index (Phi) is 3.32. The lowest BCUT2D eigenvalue weighted by atomic mass is 9.64. The second kappa shape index (κ2) is 4.46. The van der Waals surface area contributed by atoms with Crippen molar-refractivity contribution in [2.24, 2.45) is 5.73 Å². The highest BCUT2D eigenvalue weighted by Crippen LogP contribution is 2.49. The molecule has 1 aromatic rings. The van der Waals surface area contributed by atoms with Gasteiger partial charge in [0.1, 0.15) is 0 Å². The Labute approximate surface area is 108 Å². The minimum Gasteiger partial charge on any atom is -0.505 e. The molecule has 0 saturated heterocycles. The van der Waals surface area contributed by atoms with Crippen LogP contribution >= 0.6 is 15.9 Å². The summed E-state index contributed by atoms with van der Waals surface area (Å²) in [6.07, 6.45) is 2.83. The molecule has 0 heterocycles. The molecule has 0 bridgehead atoms. The van der Waals surface area contributed by atoms with E-state index in [4.69, 9.17) is 10.5 Å². The third-order valence-corrected chi connectivity index (χ3v) is 4.22. The second-order valence-corrected chi connectivity index (χ2v) is 5.29. The van der Waals surface area contributed by atoms with Crippen molar-refractivity contribution in [3.63, 3.8) is 0 Å². The Morgan fingerprint density at radius 1 is 1.59 bits per heavy atom. The third kappa shape index (κ3) is 1.81. The van der Waals surface area contributed by atoms with Crippen molar-refractivity contribution in [2.75, 3.05) is 13.7 Å². The van der Waals surface area contributed by atoms with Crippen molar-refractivity contribution < 1.29 is 14.2 Å². The lowest BCUT2D eigenvalue weighted by Gasteiger charge is -2.42. The van der Waals surface area contributed by atoms with Gasteiger partial charge < -0.3 is 15.6 Å². The summed E-state index contributed by atoms with van der Waals surface area (Å²) in [5, 5.41) is 9.93. The Balaban J connectivity index is 2.56. The topological polar surface area (TPSA) is 55.5 Å². The molecule has 5 heteroatoms. The largest absolute Gasteiger partial charge is 0.505 e. The summed E-state index contributed by atoms with van der Waals surface area (Å²) in [6.45, 7) is 0.415. The van der Waals surface area contributed by atoms with Crippen molar-refractivity contribution in [1.29, 1.82) is 0 Å². The molecule has 94 valence electrons. The first-order valence-electron chi connectivity index (χ1n) is 5.51. The fraction of sp³-hybridized carbons (Fsp3) is 0.500. The first kappa shape index (κ1) is 12.6. The maximum atomic E-state index is 13.9. The SMILES string of the molecule is COc1c(Br)cc(C2(CN)CCC2)c(O)c1F. The van der Waals surface area contributed by atoms with Gasteiger partial charge in [-0.05, 0) is 34.8 Å². The van der Waals surface area contributed by atoms with Crippen LogP contribution in [0.25, 0.3) is 0 Å². The van der Waals surface area contributed by atoms with Crippen LogP contribution in [0, 0.1) is 5.82 Å². The summed E-state index contributed by atoms with van der Waals surface area (Å²) in [7, 11) is 1.37. The summed E-state index contributed by atoms with van der Waals surface area (Å²) < 4.78 is 19.3. The number of phenols is 1. The predicted octanol–water partition coefficient (Wildman–Crippen LogP) is 2.68. The van der Waals surface area contributed by atoms with Gasteiger partial charge in [0, 0.05) is 17.5 Å². The molecule has 3 N–H and O–H groups in total.